The van der Waals surface area contributed by atoms with Crippen LogP contribution in [0.5, 0.6) is 0 Å². The minimum Gasteiger partial charge on any atom is -0.384 e. The molecule has 0 fully saturated rings. The van der Waals surface area contributed by atoms with Crippen LogP contribution in [0.15, 0.2) is 18.3 Å². The topological polar surface area (TPSA) is 45.1 Å². The maximum atomic E-state index is 9.63. The number of pyridine rings is 1. The summed E-state index contributed by atoms with van der Waals surface area (Å²) in [5.74, 6) is 0. The van der Waals surface area contributed by atoms with Crippen molar-refractivity contribution in [2.45, 2.75) is 26.4 Å². The van der Waals surface area contributed by atoms with Gasteiger partial charge in [-0.2, -0.15) is 0 Å². The van der Waals surface area contributed by atoms with Gasteiger partial charge in [0.25, 0.3) is 0 Å². The molecule has 0 spiro atoms. The predicted molar refractivity (Wildman–Crippen MR) is 53.6 cm³/mol. The molecular weight excluding hydrogens is 164 g/mol. The highest BCUT2D eigenvalue weighted by Crippen LogP contribution is 2.18. The molecule has 0 aliphatic rings. The summed E-state index contributed by atoms with van der Waals surface area (Å²) in [6, 6.07) is 3.75. The normalized spacial score (nSPS) is 11.4. The Kier molecular flexibility index (Phi) is 2.88. The first-order valence-corrected chi connectivity index (χ1v) is 4.47. The first-order valence-electron chi connectivity index (χ1n) is 4.47. The summed E-state index contributed by atoms with van der Waals surface area (Å²) in [7, 11) is 0. The third-order valence-electron chi connectivity index (χ3n) is 1.77. The molecule has 0 saturated carbocycles. The van der Waals surface area contributed by atoms with Crippen molar-refractivity contribution in [3.63, 3.8) is 0 Å². The van der Waals surface area contributed by atoms with Crippen molar-refractivity contribution in [1.29, 1.82) is 0 Å². The van der Waals surface area contributed by atoms with Crippen molar-refractivity contribution in [2.75, 3.05) is 11.9 Å². The summed E-state index contributed by atoms with van der Waals surface area (Å²) in [4.78, 5) is 4.16. The van der Waals surface area contributed by atoms with Crippen molar-refractivity contribution < 1.29 is 5.11 Å². The van der Waals surface area contributed by atoms with E-state index < -0.39 is 5.60 Å². The SMILES string of the molecule is CCNc1ccc(C(C)(C)O)nc1. The molecule has 1 aromatic heterocycles. The highest BCUT2D eigenvalue weighted by Gasteiger charge is 2.16. The molecule has 3 nitrogen and oxygen atoms in total. The molecule has 0 aliphatic heterocycles. The lowest BCUT2D eigenvalue weighted by Gasteiger charge is -2.16. The van der Waals surface area contributed by atoms with Crippen LogP contribution in [0.2, 0.25) is 0 Å². The van der Waals surface area contributed by atoms with E-state index in [4.69, 9.17) is 0 Å². The molecular formula is C10H16N2O. The Morgan fingerprint density at radius 3 is 2.54 bits per heavy atom. The zero-order chi connectivity index (χ0) is 9.90. The van der Waals surface area contributed by atoms with Gasteiger partial charge in [-0.15, -0.1) is 0 Å². The second-order valence-electron chi connectivity index (χ2n) is 3.52. The average Bonchev–Trinajstić information content (AvgIpc) is 2.04. The lowest BCUT2D eigenvalue weighted by molar-refractivity contribution is 0.0739. The van der Waals surface area contributed by atoms with E-state index in [0.29, 0.717) is 5.69 Å². The van der Waals surface area contributed by atoms with Gasteiger partial charge in [-0.3, -0.25) is 4.98 Å². The van der Waals surface area contributed by atoms with Gasteiger partial charge >= 0.3 is 0 Å². The minimum atomic E-state index is -0.856. The monoisotopic (exact) mass is 180 g/mol. The Bertz CT molecular complexity index is 261. The van der Waals surface area contributed by atoms with Gasteiger partial charge < -0.3 is 10.4 Å². The number of hydrogen-bond acceptors (Lipinski definition) is 3. The molecule has 0 aliphatic carbocycles. The Balaban J connectivity index is 2.81. The number of anilines is 1. The highest BCUT2D eigenvalue weighted by molar-refractivity contribution is 5.41. The van der Waals surface area contributed by atoms with Crippen LogP contribution in [-0.2, 0) is 5.60 Å². The van der Waals surface area contributed by atoms with E-state index in [1.165, 1.54) is 0 Å². The van der Waals surface area contributed by atoms with Crippen molar-refractivity contribution in [3.05, 3.63) is 24.0 Å². The van der Waals surface area contributed by atoms with Gasteiger partial charge in [-0.05, 0) is 32.9 Å². The minimum absolute atomic E-state index is 0.689. The molecule has 0 radical (unpaired) electrons. The van der Waals surface area contributed by atoms with Crippen molar-refractivity contribution in [1.82, 2.24) is 4.98 Å². The van der Waals surface area contributed by atoms with E-state index in [1.54, 1.807) is 20.0 Å². The van der Waals surface area contributed by atoms with Gasteiger partial charge in [0.2, 0.25) is 0 Å². The lowest BCUT2D eigenvalue weighted by Crippen LogP contribution is -2.17. The molecule has 0 aromatic carbocycles. The smallest absolute Gasteiger partial charge is 0.101 e. The van der Waals surface area contributed by atoms with Crippen molar-refractivity contribution in [3.8, 4) is 0 Å². The fourth-order valence-electron chi connectivity index (χ4n) is 1.06. The summed E-state index contributed by atoms with van der Waals surface area (Å²) >= 11 is 0. The number of rotatable bonds is 3. The van der Waals surface area contributed by atoms with Crippen molar-refractivity contribution >= 4 is 5.69 Å². The standard InChI is InChI=1S/C10H16N2O/c1-4-11-8-5-6-9(12-7-8)10(2,3)13/h5-7,11,13H,4H2,1-3H3. The summed E-state index contributed by atoms with van der Waals surface area (Å²) in [5, 5.41) is 12.8. The molecule has 1 aromatic rings. The largest absolute Gasteiger partial charge is 0.384 e. The first-order chi connectivity index (χ1) is 6.04. The van der Waals surface area contributed by atoms with Gasteiger partial charge in [0, 0.05) is 6.54 Å². The molecule has 0 bridgehead atoms. The second kappa shape index (κ2) is 3.75. The molecule has 72 valence electrons. The summed E-state index contributed by atoms with van der Waals surface area (Å²) < 4.78 is 0. The third-order valence-corrected chi connectivity index (χ3v) is 1.77. The maximum Gasteiger partial charge on any atom is 0.101 e. The van der Waals surface area contributed by atoms with Gasteiger partial charge in [0.15, 0.2) is 0 Å². The van der Waals surface area contributed by atoms with Crippen LogP contribution in [0.1, 0.15) is 26.5 Å². The predicted octanol–water partition coefficient (Wildman–Crippen LogP) is 1.74. The molecule has 0 unspecified atom stereocenters. The zero-order valence-corrected chi connectivity index (χ0v) is 8.33. The van der Waals surface area contributed by atoms with E-state index >= 15 is 0 Å². The number of hydrogen-bond donors (Lipinski definition) is 2. The first kappa shape index (κ1) is 9.99. The fraction of sp³-hybridized carbons (Fsp3) is 0.500. The Morgan fingerprint density at radius 1 is 1.46 bits per heavy atom. The lowest BCUT2D eigenvalue weighted by atomic mass is 10.1. The van der Waals surface area contributed by atoms with E-state index in [0.717, 1.165) is 12.2 Å². The molecule has 0 saturated heterocycles. The van der Waals surface area contributed by atoms with Crippen LogP contribution < -0.4 is 5.32 Å². The second-order valence-corrected chi connectivity index (χ2v) is 3.52. The van der Waals surface area contributed by atoms with Crippen LogP contribution >= 0.6 is 0 Å². The number of nitrogens with one attached hydrogen (secondary N) is 1. The Labute approximate surface area is 78.8 Å². The Morgan fingerprint density at radius 2 is 2.15 bits per heavy atom. The molecule has 2 N–H and O–H groups in total. The van der Waals surface area contributed by atoms with Gasteiger partial charge in [-0.25, -0.2) is 0 Å². The number of nitrogens with zero attached hydrogens (tertiary/aromatic N) is 1. The zero-order valence-electron chi connectivity index (χ0n) is 8.33. The van der Waals surface area contributed by atoms with E-state index in [1.807, 2.05) is 19.1 Å². The van der Waals surface area contributed by atoms with Crippen LogP contribution in [0.25, 0.3) is 0 Å². The number of aliphatic hydroxyl groups is 1. The highest BCUT2D eigenvalue weighted by atomic mass is 16.3. The summed E-state index contributed by atoms with van der Waals surface area (Å²) in [5.41, 5.74) is 0.815. The van der Waals surface area contributed by atoms with Crippen LogP contribution in [0.3, 0.4) is 0 Å². The summed E-state index contributed by atoms with van der Waals surface area (Å²) in [6.45, 7) is 6.36. The fourth-order valence-corrected chi connectivity index (χ4v) is 1.06. The average molecular weight is 180 g/mol. The summed E-state index contributed by atoms with van der Waals surface area (Å²) in [6.07, 6.45) is 1.73. The molecule has 0 atom stereocenters. The molecule has 0 amide bonds. The van der Waals surface area contributed by atoms with Crippen LogP contribution in [-0.4, -0.2) is 16.6 Å². The molecule has 3 heteroatoms. The quantitative estimate of drug-likeness (QED) is 0.744. The Hall–Kier alpha value is -1.09. The van der Waals surface area contributed by atoms with Gasteiger partial charge in [0.05, 0.1) is 17.6 Å². The third kappa shape index (κ3) is 2.70. The van der Waals surface area contributed by atoms with E-state index in [9.17, 15) is 5.11 Å². The molecule has 1 rings (SSSR count). The van der Waals surface area contributed by atoms with Gasteiger partial charge in [-0.1, -0.05) is 0 Å². The van der Waals surface area contributed by atoms with Crippen LogP contribution in [0.4, 0.5) is 5.69 Å². The molecule has 13 heavy (non-hydrogen) atoms. The maximum absolute atomic E-state index is 9.63. The van der Waals surface area contributed by atoms with E-state index in [-0.39, 0.29) is 0 Å². The van der Waals surface area contributed by atoms with Gasteiger partial charge in [0.1, 0.15) is 5.60 Å². The molecule has 1 heterocycles. The van der Waals surface area contributed by atoms with Crippen LogP contribution in [0, 0.1) is 0 Å². The van der Waals surface area contributed by atoms with Crippen molar-refractivity contribution in [2.24, 2.45) is 0 Å². The number of aromatic nitrogens is 1. The van der Waals surface area contributed by atoms with E-state index in [2.05, 4.69) is 10.3 Å².